The molecule has 0 spiro atoms. The number of piperidine rings is 1. The van der Waals surface area contributed by atoms with Crippen molar-refractivity contribution in [3.8, 4) is 0 Å². The van der Waals surface area contributed by atoms with E-state index in [4.69, 9.17) is 5.73 Å². The van der Waals surface area contributed by atoms with E-state index in [-0.39, 0.29) is 0 Å². The molecular weight excluding hydrogens is 238 g/mol. The fourth-order valence-corrected chi connectivity index (χ4v) is 3.52. The second-order valence-corrected chi connectivity index (χ2v) is 6.55. The molecule has 0 aromatic rings. The summed E-state index contributed by atoms with van der Waals surface area (Å²) in [6.45, 7) is 2.26. The Balaban J connectivity index is 1.78. The first kappa shape index (κ1) is 14.8. The molecule has 1 atom stereocenters. The third-order valence-corrected chi connectivity index (χ3v) is 4.87. The van der Waals surface area contributed by atoms with Crippen molar-refractivity contribution < 1.29 is 4.79 Å². The smallest absolute Gasteiger partial charge is 0.222 e. The van der Waals surface area contributed by atoms with E-state index in [2.05, 4.69) is 11.9 Å². The molecule has 1 aliphatic heterocycles. The highest BCUT2D eigenvalue weighted by Gasteiger charge is 2.27. The van der Waals surface area contributed by atoms with Crippen molar-refractivity contribution in [1.29, 1.82) is 0 Å². The summed E-state index contributed by atoms with van der Waals surface area (Å²) in [5.74, 6) is 0.889. The van der Waals surface area contributed by atoms with Crippen LogP contribution in [0.2, 0.25) is 0 Å². The van der Waals surface area contributed by atoms with Crippen LogP contribution in [0.3, 0.4) is 0 Å². The Kier molecular flexibility index (Phi) is 5.22. The van der Waals surface area contributed by atoms with Crippen LogP contribution in [-0.4, -0.2) is 55.0 Å². The van der Waals surface area contributed by atoms with Crippen LogP contribution in [-0.2, 0) is 4.79 Å². The van der Waals surface area contributed by atoms with Gasteiger partial charge < -0.3 is 15.5 Å². The van der Waals surface area contributed by atoms with Crippen LogP contribution in [0.1, 0.15) is 44.9 Å². The Morgan fingerprint density at radius 3 is 2.58 bits per heavy atom. The van der Waals surface area contributed by atoms with Crippen LogP contribution in [0.4, 0.5) is 0 Å². The van der Waals surface area contributed by atoms with Crippen molar-refractivity contribution in [2.24, 2.45) is 11.7 Å². The SMILES string of the molecule is CN1CCCC(CC(=O)N(C)C2CCC(N)CC2)C1. The summed E-state index contributed by atoms with van der Waals surface area (Å²) >= 11 is 0. The number of carbonyl (C=O) groups excluding carboxylic acids is 1. The molecule has 0 radical (unpaired) electrons. The molecule has 2 N–H and O–H groups in total. The first-order chi connectivity index (χ1) is 9.06. The lowest BCUT2D eigenvalue weighted by atomic mass is 9.90. The molecule has 0 aromatic carbocycles. The van der Waals surface area contributed by atoms with Crippen LogP contribution >= 0.6 is 0 Å². The van der Waals surface area contributed by atoms with Crippen molar-refractivity contribution in [1.82, 2.24) is 9.80 Å². The molecule has 0 bridgehead atoms. The molecule has 2 aliphatic rings. The van der Waals surface area contributed by atoms with Gasteiger partial charge in [-0.05, 0) is 58.0 Å². The summed E-state index contributed by atoms with van der Waals surface area (Å²) in [6, 6.07) is 0.778. The number of amides is 1. The summed E-state index contributed by atoms with van der Waals surface area (Å²) < 4.78 is 0. The molecule has 1 saturated carbocycles. The lowest BCUT2D eigenvalue weighted by molar-refractivity contribution is -0.134. The maximum Gasteiger partial charge on any atom is 0.222 e. The van der Waals surface area contributed by atoms with Gasteiger partial charge in [0.05, 0.1) is 0 Å². The first-order valence-corrected chi connectivity index (χ1v) is 7.76. The Morgan fingerprint density at radius 2 is 1.95 bits per heavy atom. The summed E-state index contributed by atoms with van der Waals surface area (Å²) in [6.07, 6.45) is 7.45. The fourth-order valence-electron chi connectivity index (χ4n) is 3.52. The molecule has 2 rings (SSSR count). The van der Waals surface area contributed by atoms with E-state index in [1.54, 1.807) is 0 Å². The molecule has 1 heterocycles. The third kappa shape index (κ3) is 4.18. The zero-order valence-electron chi connectivity index (χ0n) is 12.5. The van der Waals surface area contributed by atoms with Crippen LogP contribution in [0, 0.1) is 5.92 Å². The molecule has 0 aromatic heterocycles. The lowest BCUT2D eigenvalue weighted by Crippen LogP contribution is -2.43. The number of hydrogen-bond donors (Lipinski definition) is 1. The highest BCUT2D eigenvalue weighted by Crippen LogP contribution is 2.24. The van der Waals surface area contributed by atoms with Crippen molar-refractivity contribution >= 4 is 5.91 Å². The largest absolute Gasteiger partial charge is 0.343 e. The van der Waals surface area contributed by atoms with Gasteiger partial charge in [0.25, 0.3) is 0 Å². The van der Waals surface area contributed by atoms with E-state index in [9.17, 15) is 4.79 Å². The number of nitrogens with two attached hydrogens (primary N) is 1. The van der Waals surface area contributed by atoms with Crippen LogP contribution in [0.5, 0.6) is 0 Å². The van der Waals surface area contributed by atoms with Gasteiger partial charge in [-0.3, -0.25) is 4.79 Å². The van der Waals surface area contributed by atoms with Gasteiger partial charge in [0.1, 0.15) is 0 Å². The highest BCUT2D eigenvalue weighted by atomic mass is 16.2. The van der Waals surface area contributed by atoms with E-state index >= 15 is 0 Å². The maximum absolute atomic E-state index is 12.4. The van der Waals surface area contributed by atoms with Crippen molar-refractivity contribution in [3.05, 3.63) is 0 Å². The van der Waals surface area contributed by atoms with Gasteiger partial charge >= 0.3 is 0 Å². The van der Waals surface area contributed by atoms with E-state index < -0.39 is 0 Å². The second kappa shape index (κ2) is 6.71. The van der Waals surface area contributed by atoms with Gasteiger partial charge in [-0.15, -0.1) is 0 Å². The minimum absolute atomic E-state index is 0.334. The number of hydrogen-bond acceptors (Lipinski definition) is 3. The van der Waals surface area contributed by atoms with Crippen LogP contribution in [0.15, 0.2) is 0 Å². The van der Waals surface area contributed by atoms with E-state index in [0.717, 1.165) is 38.6 Å². The van der Waals surface area contributed by atoms with E-state index in [0.29, 0.717) is 23.9 Å². The summed E-state index contributed by atoms with van der Waals surface area (Å²) in [4.78, 5) is 16.7. The fraction of sp³-hybridized carbons (Fsp3) is 0.933. The van der Waals surface area contributed by atoms with Crippen LogP contribution in [0.25, 0.3) is 0 Å². The normalized spacial score (nSPS) is 33.1. The Morgan fingerprint density at radius 1 is 1.26 bits per heavy atom. The zero-order valence-corrected chi connectivity index (χ0v) is 12.5. The number of rotatable bonds is 3. The molecule has 2 fully saturated rings. The molecule has 1 aliphatic carbocycles. The summed E-state index contributed by atoms with van der Waals surface area (Å²) in [5.41, 5.74) is 5.93. The molecular formula is C15H29N3O. The van der Waals surface area contributed by atoms with Gasteiger partial charge in [-0.25, -0.2) is 0 Å². The molecule has 1 unspecified atom stereocenters. The molecule has 1 saturated heterocycles. The van der Waals surface area contributed by atoms with Crippen molar-refractivity contribution in [2.45, 2.75) is 57.0 Å². The zero-order chi connectivity index (χ0) is 13.8. The minimum atomic E-state index is 0.334. The van der Waals surface area contributed by atoms with Gasteiger partial charge in [0.15, 0.2) is 0 Å². The second-order valence-electron chi connectivity index (χ2n) is 6.55. The monoisotopic (exact) mass is 267 g/mol. The van der Waals surface area contributed by atoms with Gasteiger partial charge in [-0.2, -0.15) is 0 Å². The van der Waals surface area contributed by atoms with Crippen molar-refractivity contribution in [3.63, 3.8) is 0 Å². The Labute approximate surface area is 117 Å². The average molecular weight is 267 g/mol. The van der Waals surface area contributed by atoms with E-state index in [1.807, 2.05) is 11.9 Å². The van der Waals surface area contributed by atoms with Gasteiger partial charge in [-0.1, -0.05) is 0 Å². The summed E-state index contributed by atoms with van der Waals surface area (Å²) in [7, 11) is 4.14. The summed E-state index contributed by atoms with van der Waals surface area (Å²) in [5, 5.41) is 0. The molecule has 1 amide bonds. The molecule has 4 nitrogen and oxygen atoms in total. The van der Waals surface area contributed by atoms with Gasteiger partial charge in [0.2, 0.25) is 5.91 Å². The molecule has 4 heteroatoms. The van der Waals surface area contributed by atoms with Gasteiger partial charge in [0, 0.05) is 32.1 Å². The maximum atomic E-state index is 12.4. The highest BCUT2D eigenvalue weighted by molar-refractivity contribution is 5.76. The Bertz CT molecular complexity index is 300. The van der Waals surface area contributed by atoms with Crippen molar-refractivity contribution in [2.75, 3.05) is 27.2 Å². The molecule has 19 heavy (non-hydrogen) atoms. The number of likely N-dealkylation sites (tertiary alicyclic amines) is 1. The first-order valence-electron chi connectivity index (χ1n) is 7.76. The minimum Gasteiger partial charge on any atom is -0.343 e. The molecule has 110 valence electrons. The Hall–Kier alpha value is -0.610. The lowest BCUT2D eigenvalue weighted by Gasteiger charge is -2.35. The number of carbonyl (C=O) groups is 1. The van der Waals surface area contributed by atoms with E-state index in [1.165, 1.54) is 19.4 Å². The predicted molar refractivity (Wildman–Crippen MR) is 77.8 cm³/mol. The quantitative estimate of drug-likeness (QED) is 0.842. The average Bonchev–Trinajstić information content (AvgIpc) is 2.39. The standard InChI is InChI=1S/C15H29N3O/c1-17-9-3-4-12(11-17)10-15(19)18(2)14-7-5-13(16)6-8-14/h12-14H,3-11,16H2,1-2H3. The van der Waals surface area contributed by atoms with Crippen LogP contribution < -0.4 is 5.73 Å². The number of nitrogens with zero attached hydrogens (tertiary/aromatic N) is 2. The predicted octanol–water partition coefficient (Wildman–Crippen LogP) is 1.45. The third-order valence-electron chi connectivity index (χ3n) is 4.87. The topological polar surface area (TPSA) is 49.6 Å².